The quantitative estimate of drug-likeness (QED) is 0.634. The first-order valence-corrected chi connectivity index (χ1v) is 6.43. The van der Waals surface area contributed by atoms with Crippen LogP contribution in [-0.4, -0.2) is 5.84 Å². The maximum absolute atomic E-state index is 13.7. The molecule has 2 aromatic carbocycles. The number of nitrogen functional groups attached to an aromatic ring is 1. The Morgan fingerprint density at radius 3 is 2.48 bits per heavy atom. The second-order valence-electron chi connectivity index (χ2n) is 4.08. The zero-order valence-electron chi connectivity index (χ0n) is 10.7. The van der Waals surface area contributed by atoms with Crippen molar-refractivity contribution in [3.05, 3.63) is 63.4 Å². The van der Waals surface area contributed by atoms with E-state index in [1.165, 1.54) is 12.1 Å². The normalized spacial score (nSPS) is 9.86. The molecule has 3 N–H and O–H groups in total. The summed E-state index contributed by atoms with van der Waals surface area (Å²) in [7, 11) is 0. The molecule has 0 radical (unpaired) electrons. The number of hydrogen-bond acceptors (Lipinski definition) is 2. The van der Waals surface area contributed by atoms with Crippen LogP contribution < -0.4 is 10.5 Å². The average Bonchev–Trinajstić information content (AvgIpc) is 2.38. The molecule has 0 aromatic heterocycles. The first-order valence-electron chi connectivity index (χ1n) is 5.68. The molecule has 0 amide bonds. The van der Waals surface area contributed by atoms with Gasteiger partial charge in [-0.3, -0.25) is 5.41 Å². The van der Waals surface area contributed by atoms with Gasteiger partial charge in [-0.15, -0.1) is 12.4 Å². The molecule has 0 heterocycles. The van der Waals surface area contributed by atoms with Gasteiger partial charge in [-0.05, 0) is 30.3 Å². The van der Waals surface area contributed by atoms with Crippen molar-refractivity contribution in [1.82, 2.24) is 0 Å². The molecule has 0 fully saturated rings. The van der Waals surface area contributed by atoms with Crippen LogP contribution in [0.3, 0.4) is 0 Å². The Morgan fingerprint density at radius 1 is 1.19 bits per heavy atom. The molecule has 2 rings (SSSR count). The summed E-state index contributed by atoms with van der Waals surface area (Å²) in [5.41, 5.74) is 6.28. The number of benzene rings is 2. The van der Waals surface area contributed by atoms with E-state index in [-0.39, 0.29) is 30.6 Å². The molecular formula is C14H12Cl3FN2O. The number of amidine groups is 1. The highest BCUT2D eigenvalue weighted by Gasteiger charge is 2.08. The van der Waals surface area contributed by atoms with Crippen LogP contribution in [0, 0.1) is 11.2 Å². The van der Waals surface area contributed by atoms with E-state index >= 15 is 0 Å². The molecule has 0 aliphatic heterocycles. The molecule has 0 bridgehead atoms. The first kappa shape index (κ1) is 17.6. The van der Waals surface area contributed by atoms with Gasteiger partial charge in [0.25, 0.3) is 0 Å². The Hall–Kier alpha value is -1.49. The minimum atomic E-state index is -0.581. The lowest BCUT2D eigenvalue weighted by atomic mass is 10.2. The van der Waals surface area contributed by atoms with Gasteiger partial charge in [0.05, 0.1) is 0 Å². The van der Waals surface area contributed by atoms with Crippen LogP contribution in [0.1, 0.15) is 11.1 Å². The Kier molecular flexibility index (Phi) is 6.27. The molecule has 0 aliphatic rings. The molecule has 0 aliphatic carbocycles. The van der Waals surface area contributed by atoms with Crippen molar-refractivity contribution in [3.63, 3.8) is 0 Å². The lowest BCUT2D eigenvalue weighted by molar-refractivity contribution is 0.290. The van der Waals surface area contributed by atoms with Gasteiger partial charge in [0.15, 0.2) is 11.6 Å². The summed E-state index contributed by atoms with van der Waals surface area (Å²) in [5.74, 6) is -0.708. The zero-order chi connectivity index (χ0) is 14.7. The van der Waals surface area contributed by atoms with Crippen LogP contribution in [0.4, 0.5) is 4.39 Å². The standard InChI is InChI=1S/C14H11Cl2FN2O.ClH/c15-10-3-1-9(11(16)6-10)7-20-13-4-2-8(14(18)19)5-12(13)17;/h1-6H,7H2,(H3,18,19);1H. The van der Waals surface area contributed by atoms with Crippen molar-refractivity contribution in [2.75, 3.05) is 0 Å². The maximum Gasteiger partial charge on any atom is 0.165 e. The number of nitrogens with two attached hydrogens (primary N) is 1. The summed E-state index contributed by atoms with van der Waals surface area (Å²) >= 11 is 11.8. The van der Waals surface area contributed by atoms with E-state index in [9.17, 15) is 4.39 Å². The van der Waals surface area contributed by atoms with Gasteiger partial charge in [0.2, 0.25) is 0 Å². The minimum Gasteiger partial charge on any atom is -0.486 e. The smallest absolute Gasteiger partial charge is 0.165 e. The summed E-state index contributed by atoms with van der Waals surface area (Å²) in [6.45, 7) is 0.117. The Morgan fingerprint density at radius 2 is 1.90 bits per heavy atom. The van der Waals surface area contributed by atoms with E-state index in [0.29, 0.717) is 21.2 Å². The van der Waals surface area contributed by atoms with E-state index in [0.717, 1.165) is 6.07 Å². The van der Waals surface area contributed by atoms with E-state index in [2.05, 4.69) is 0 Å². The van der Waals surface area contributed by atoms with Gasteiger partial charge in [0, 0.05) is 21.2 Å². The SMILES string of the molecule is Cl.N=C(N)c1ccc(OCc2ccc(Cl)cc2Cl)c(F)c1. The third-order valence-corrected chi connectivity index (χ3v) is 3.23. The predicted octanol–water partition coefficient (Wildman–Crippen LogP) is 4.42. The summed E-state index contributed by atoms with van der Waals surface area (Å²) in [6.07, 6.45) is 0. The fourth-order valence-electron chi connectivity index (χ4n) is 1.58. The van der Waals surface area contributed by atoms with Crippen molar-refractivity contribution in [2.45, 2.75) is 6.61 Å². The third kappa shape index (κ3) is 4.49. The van der Waals surface area contributed by atoms with Gasteiger partial charge in [0.1, 0.15) is 12.4 Å². The second kappa shape index (κ2) is 7.50. The van der Waals surface area contributed by atoms with Crippen LogP contribution in [-0.2, 0) is 6.61 Å². The monoisotopic (exact) mass is 348 g/mol. The molecule has 3 nitrogen and oxygen atoms in total. The number of ether oxygens (including phenoxy) is 1. The molecule has 0 saturated heterocycles. The predicted molar refractivity (Wildman–Crippen MR) is 85.5 cm³/mol. The fourth-order valence-corrected chi connectivity index (χ4v) is 2.04. The Bertz CT molecular complexity index is 665. The van der Waals surface area contributed by atoms with Crippen LogP contribution >= 0.6 is 35.6 Å². The summed E-state index contributed by atoms with van der Waals surface area (Å²) in [6, 6.07) is 9.09. The van der Waals surface area contributed by atoms with Gasteiger partial charge in [-0.2, -0.15) is 0 Å². The van der Waals surface area contributed by atoms with Crippen LogP contribution in [0.5, 0.6) is 5.75 Å². The highest BCUT2D eigenvalue weighted by molar-refractivity contribution is 6.35. The van der Waals surface area contributed by atoms with E-state index in [1.807, 2.05) is 0 Å². The first-order chi connectivity index (χ1) is 9.47. The van der Waals surface area contributed by atoms with Crippen molar-refractivity contribution in [3.8, 4) is 5.75 Å². The van der Waals surface area contributed by atoms with Crippen molar-refractivity contribution in [1.29, 1.82) is 5.41 Å². The number of rotatable bonds is 4. The summed E-state index contributed by atoms with van der Waals surface area (Å²) in [4.78, 5) is 0. The molecule has 112 valence electrons. The highest BCUT2D eigenvalue weighted by atomic mass is 35.5. The third-order valence-electron chi connectivity index (χ3n) is 2.64. The van der Waals surface area contributed by atoms with Crippen LogP contribution in [0.2, 0.25) is 10.0 Å². The van der Waals surface area contributed by atoms with E-state index < -0.39 is 5.82 Å². The Balaban J connectivity index is 0.00000220. The molecular weight excluding hydrogens is 338 g/mol. The molecule has 0 saturated carbocycles. The van der Waals surface area contributed by atoms with E-state index in [4.69, 9.17) is 39.1 Å². The van der Waals surface area contributed by atoms with Gasteiger partial charge < -0.3 is 10.5 Å². The largest absolute Gasteiger partial charge is 0.486 e. The van der Waals surface area contributed by atoms with Gasteiger partial charge in [-0.25, -0.2) is 4.39 Å². The maximum atomic E-state index is 13.7. The van der Waals surface area contributed by atoms with E-state index in [1.54, 1.807) is 18.2 Å². The zero-order valence-corrected chi connectivity index (χ0v) is 13.0. The van der Waals surface area contributed by atoms with Crippen LogP contribution in [0.25, 0.3) is 0 Å². The average molecular weight is 350 g/mol. The molecule has 2 aromatic rings. The Labute approximate surface area is 137 Å². The minimum absolute atomic E-state index is 0. The lowest BCUT2D eigenvalue weighted by Gasteiger charge is -2.09. The number of nitrogens with one attached hydrogen (secondary N) is 1. The van der Waals surface area contributed by atoms with Gasteiger partial charge >= 0.3 is 0 Å². The lowest BCUT2D eigenvalue weighted by Crippen LogP contribution is -2.11. The molecule has 0 unspecified atom stereocenters. The molecule has 0 atom stereocenters. The van der Waals surface area contributed by atoms with Crippen molar-refractivity contribution < 1.29 is 9.13 Å². The summed E-state index contributed by atoms with van der Waals surface area (Å²) in [5, 5.41) is 8.21. The van der Waals surface area contributed by atoms with Crippen LogP contribution in [0.15, 0.2) is 36.4 Å². The highest BCUT2D eigenvalue weighted by Crippen LogP contribution is 2.24. The van der Waals surface area contributed by atoms with Crippen molar-refractivity contribution >= 4 is 41.4 Å². The molecule has 21 heavy (non-hydrogen) atoms. The van der Waals surface area contributed by atoms with Crippen molar-refractivity contribution in [2.24, 2.45) is 5.73 Å². The number of hydrogen-bond donors (Lipinski definition) is 2. The second-order valence-corrected chi connectivity index (χ2v) is 4.93. The fraction of sp³-hybridized carbons (Fsp3) is 0.0714. The number of halogens is 4. The van der Waals surface area contributed by atoms with Gasteiger partial charge in [-0.1, -0.05) is 29.3 Å². The molecule has 0 spiro atoms. The summed E-state index contributed by atoms with van der Waals surface area (Å²) < 4.78 is 19.1. The molecule has 7 heteroatoms. The topological polar surface area (TPSA) is 59.1 Å².